The number of aromatic nitrogens is 3. The van der Waals surface area contributed by atoms with Crippen molar-refractivity contribution in [1.29, 1.82) is 0 Å². The highest BCUT2D eigenvalue weighted by Crippen LogP contribution is 2.34. The molecule has 0 amide bonds. The van der Waals surface area contributed by atoms with Gasteiger partial charge in [0.15, 0.2) is 0 Å². The summed E-state index contributed by atoms with van der Waals surface area (Å²) in [7, 11) is 0. The molecular formula is C24H24Cl2N4O4. The van der Waals surface area contributed by atoms with Gasteiger partial charge in [-0.15, -0.1) is 0 Å². The van der Waals surface area contributed by atoms with Gasteiger partial charge in [0.05, 0.1) is 28.1 Å². The third-order valence-electron chi connectivity index (χ3n) is 5.19. The number of nitrogens with zero attached hydrogens (tertiary/aromatic N) is 3. The Balaban J connectivity index is 1.61. The van der Waals surface area contributed by atoms with Crippen molar-refractivity contribution in [3.63, 3.8) is 0 Å². The van der Waals surface area contributed by atoms with E-state index in [1.54, 1.807) is 12.1 Å². The molecule has 0 bridgehead atoms. The highest BCUT2D eigenvalue weighted by molar-refractivity contribution is 6.36. The van der Waals surface area contributed by atoms with Gasteiger partial charge < -0.3 is 19.7 Å². The number of fused-ring (bicyclic) bond motifs is 1. The first-order valence-corrected chi connectivity index (χ1v) is 11.5. The summed E-state index contributed by atoms with van der Waals surface area (Å²) >= 11 is 13.0. The maximum Gasteiger partial charge on any atom is 0.304 e. The zero-order valence-corrected chi connectivity index (χ0v) is 20.4. The van der Waals surface area contributed by atoms with Gasteiger partial charge in [-0.1, -0.05) is 29.3 Å². The molecule has 10 heteroatoms. The molecule has 0 saturated heterocycles. The van der Waals surface area contributed by atoms with Gasteiger partial charge in [0.25, 0.3) is 11.8 Å². The summed E-state index contributed by atoms with van der Waals surface area (Å²) in [5.41, 5.74) is 3.28. The van der Waals surface area contributed by atoms with Crippen LogP contribution in [0.1, 0.15) is 31.5 Å². The third-order valence-corrected chi connectivity index (χ3v) is 5.97. The van der Waals surface area contributed by atoms with E-state index in [1.165, 1.54) is 0 Å². The summed E-state index contributed by atoms with van der Waals surface area (Å²) in [4.78, 5) is 15.2. The molecule has 0 unspecified atom stereocenters. The molecule has 34 heavy (non-hydrogen) atoms. The molecule has 0 aliphatic rings. The van der Waals surface area contributed by atoms with Crippen LogP contribution in [0.5, 0.6) is 5.75 Å². The van der Waals surface area contributed by atoms with Crippen molar-refractivity contribution < 1.29 is 19.2 Å². The fourth-order valence-electron chi connectivity index (χ4n) is 3.63. The summed E-state index contributed by atoms with van der Waals surface area (Å²) in [5.74, 6) is 0.438. The van der Waals surface area contributed by atoms with E-state index in [9.17, 15) is 4.79 Å². The molecule has 0 atom stereocenters. The maximum atomic E-state index is 10.7. The van der Waals surface area contributed by atoms with Crippen LogP contribution in [0.15, 0.2) is 40.9 Å². The minimum absolute atomic E-state index is 0.00846. The molecule has 0 saturated carbocycles. The predicted molar refractivity (Wildman–Crippen MR) is 131 cm³/mol. The zero-order chi connectivity index (χ0) is 24.4. The lowest BCUT2D eigenvalue weighted by atomic mass is 10.1. The highest BCUT2D eigenvalue weighted by Gasteiger charge is 2.19. The van der Waals surface area contributed by atoms with Gasteiger partial charge in [-0.3, -0.25) is 9.36 Å². The van der Waals surface area contributed by atoms with E-state index in [0.717, 1.165) is 22.2 Å². The molecule has 8 nitrogen and oxygen atoms in total. The number of carboxylic acid groups (broad SMARTS) is 1. The standard InChI is InChI=1S/C24H24Cl2N4O4/c1-13(2)33-20-7-5-16(11-18(20)25)23-28-24(29-34-23)30-14(3)22(26)17-10-15(4-6-19(17)30)12-27-9-8-21(31)32/h4-7,10-11,13,27H,8-9,12H2,1-3H3,(H,31,32). The molecule has 0 fully saturated rings. The van der Waals surface area contributed by atoms with Gasteiger partial charge >= 0.3 is 5.97 Å². The zero-order valence-electron chi connectivity index (χ0n) is 18.9. The Labute approximate surface area is 206 Å². The molecule has 2 heterocycles. The topological polar surface area (TPSA) is 102 Å². The lowest BCUT2D eigenvalue weighted by molar-refractivity contribution is -0.136. The van der Waals surface area contributed by atoms with Crippen molar-refractivity contribution in [1.82, 2.24) is 20.0 Å². The Bertz CT molecular complexity index is 1350. The Hall–Kier alpha value is -3.07. The number of carboxylic acids is 1. The fourth-order valence-corrected chi connectivity index (χ4v) is 4.09. The van der Waals surface area contributed by atoms with Crippen LogP contribution in [0.4, 0.5) is 0 Å². The number of aliphatic carboxylic acids is 1. The van der Waals surface area contributed by atoms with E-state index < -0.39 is 5.97 Å². The number of nitrogens with one attached hydrogen (secondary N) is 1. The first-order chi connectivity index (χ1) is 16.2. The van der Waals surface area contributed by atoms with Crippen molar-refractivity contribution in [2.75, 3.05) is 6.54 Å². The monoisotopic (exact) mass is 502 g/mol. The molecule has 4 rings (SSSR count). The Morgan fingerprint density at radius 3 is 2.74 bits per heavy atom. The number of halogens is 2. The average Bonchev–Trinajstić information content (AvgIpc) is 3.36. The molecule has 0 aliphatic carbocycles. The molecule has 0 radical (unpaired) electrons. The second-order valence-corrected chi connectivity index (χ2v) is 8.90. The number of hydrogen-bond donors (Lipinski definition) is 2. The summed E-state index contributed by atoms with van der Waals surface area (Å²) in [6, 6.07) is 11.2. The van der Waals surface area contributed by atoms with Gasteiger partial charge in [0.1, 0.15) is 5.75 Å². The molecule has 2 aromatic heterocycles. The largest absolute Gasteiger partial charge is 0.489 e. The van der Waals surface area contributed by atoms with Crippen LogP contribution in [0.25, 0.3) is 28.3 Å². The smallest absolute Gasteiger partial charge is 0.304 e. The van der Waals surface area contributed by atoms with Crippen molar-refractivity contribution in [3.05, 3.63) is 57.7 Å². The van der Waals surface area contributed by atoms with E-state index >= 15 is 0 Å². The Kier molecular flexibility index (Phi) is 7.11. The minimum atomic E-state index is -0.833. The first-order valence-electron chi connectivity index (χ1n) is 10.8. The lowest BCUT2D eigenvalue weighted by Crippen LogP contribution is -2.17. The van der Waals surface area contributed by atoms with Gasteiger partial charge in [0, 0.05) is 29.7 Å². The summed E-state index contributed by atoms with van der Waals surface area (Å²) in [6.07, 6.45) is 0.0753. The van der Waals surface area contributed by atoms with Crippen molar-refractivity contribution in [3.8, 4) is 23.2 Å². The van der Waals surface area contributed by atoms with Crippen molar-refractivity contribution in [2.24, 2.45) is 0 Å². The van der Waals surface area contributed by atoms with E-state index in [1.807, 2.05) is 49.6 Å². The average molecular weight is 503 g/mol. The fraction of sp³-hybridized carbons (Fsp3) is 0.292. The number of carbonyl (C=O) groups is 1. The van der Waals surface area contributed by atoms with E-state index in [0.29, 0.717) is 46.3 Å². The van der Waals surface area contributed by atoms with Crippen LogP contribution in [-0.4, -0.2) is 38.4 Å². The molecular weight excluding hydrogens is 479 g/mol. The lowest BCUT2D eigenvalue weighted by Gasteiger charge is -2.11. The quantitative estimate of drug-likeness (QED) is 0.285. The summed E-state index contributed by atoms with van der Waals surface area (Å²) < 4.78 is 13.0. The SMILES string of the molecule is Cc1c(Cl)c2cc(CNCCC(=O)O)ccc2n1-c1noc(-c2ccc(OC(C)C)c(Cl)c2)n1. The van der Waals surface area contributed by atoms with Crippen molar-refractivity contribution in [2.45, 2.75) is 39.8 Å². The Morgan fingerprint density at radius 1 is 1.24 bits per heavy atom. The van der Waals surface area contributed by atoms with Gasteiger partial charge in [0.2, 0.25) is 0 Å². The van der Waals surface area contributed by atoms with Crippen LogP contribution < -0.4 is 10.1 Å². The number of benzene rings is 2. The third kappa shape index (κ3) is 5.04. The normalized spacial score (nSPS) is 11.5. The van der Waals surface area contributed by atoms with Crippen molar-refractivity contribution >= 4 is 40.1 Å². The van der Waals surface area contributed by atoms with Gasteiger partial charge in [-0.05, 0) is 61.8 Å². The highest BCUT2D eigenvalue weighted by atomic mass is 35.5. The Morgan fingerprint density at radius 2 is 2.03 bits per heavy atom. The van der Waals surface area contributed by atoms with E-state index in [-0.39, 0.29) is 12.5 Å². The number of rotatable bonds is 9. The predicted octanol–water partition coefficient (Wildman–Crippen LogP) is 5.65. The number of hydrogen-bond acceptors (Lipinski definition) is 6. The molecule has 0 spiro atoms. The summed E-state index contributed by atoms with van der Waals surface area (Å²) in [6.45, 7) is 6.68. The van der Waals surface area contributed by atoms with Crippen LogP contribution in [0.3, 0.4) is 0 Å². The van der Waals surface area contributed by atoms with Crippen LogP contribution in [0, 0.1) is 6.92 Å². The molecule has 2 aromatic carbocycles. The first kappa shape index (κ1) is 24.1. The van der Waals surface area contributed by atoms with Gasteiger partial charge in [-0.25, -0.2) is 0 Å². The molecule has 4 aromatic rings. The van der Waals surface area contributed by atoms with Crippen LogP contribution in [-0.2, 0) is 11.3 Å². The van der Waals surface area contributed by atoms with Crippen LogP contribution in [0.2, 0.25) is 10.0 Å². The second-order valence-electron chi connectivity index (χ2n) is 8.12. The summed E-state index contributed by atoms with van der Waals surface area (Å²) in [5, 5.41) is 18.0. The molecule has 178 valence electrons. The molecule has 2 N–H and O–H groups in total. The minimum Gasteiger partial charge on any atom is -0.489 e. The maximum absolute atomic E-state index is 10.7. The molecule has 0 aliphatic heterocycles. The van der Waals surface area contributed by atoms with Gasteiger partial charge in [-0.2, -0.15) is 4.98 Å². The van der Waals surface area contributed by atoms with E-state index in [4.69, 9.17) is 37.6 Å². The second kappa shape index (κ2) is 10.0. The van der Waals surface area contributed by atoms with Crippen LogP contribution >= 0.6 is 23.2 Å². The van der Waals surface area contributed by atoms with E-state index in [2.05, 4.69) is 15.5 Å². The number of ether oxygens (including phenoxy) is 1.